The van der Waals surface area contributed by atoms with E-state index in [-0.39, 0.29) is 5.91 Å². The van der Waals surface area contributed by atoms with Gasteiger partial charge in [-0.1, -0.05) is 24.3 Å². The molecule has 1 saturated heterocycles. The number of aryl methyl sites for hydroxylation is 1. The number of likely N-dealkylation sites (tertiary alicyclic amines) is 1. The number of nitrogens with zero attached hydrogens (tertiary/aromatic N) is 4. The first-order valence-electron chi connectivity index (χ1n) is 10.6. The van der Waals surface area contributed by atoms with Gasteiger partial charge in [-0.2, -0.15) is 5.10 Å². The van der Waals surface area contributed by atoms with Gasteiger partial charge in [0.15, 0.2) is 0 Å². The van der Waals surface area contributed by atoms with Crippen molar-refractivity contribution < 1.29 is 9.53 Å². The van der Waals surface area contributed by atoms with Crippen molar-refractivity contribution in [2.24, 2.45) is 5.92 Å². The Labute approximate surface area is 177 Å². The molecule has 0 N–H and O–H groups in total. The van der Waals surface area contributed by atoms with Crippen LogP contribution >= 0.6 is 0 Å². The average Bonchev–Trinajstić information content (AvgIpc) is 3.28. The molecule has 156 valence electrons. The molecule has 0 saturated carbocycles. The molecule has 1 aliphatic rings. The molecule has 6 nitrogen and oxygen atoms in total. The standard InChI is InChI=1S/C24H28N4O2/c1-2-28-23(9-14-26-28)24(29)27-15-10-20(11-16-27)17-19-3-5-21(6-4-19)18-30-22-7-12-25-13-8-22/h3-9,12-14,20H,2,10-11,15-18H2,1H3. The topological polar surface area (TPSA) is 60.2 Å². The Morgan fingerprint density at radius 1 is 1.00 bits per heavy atom. The third-order valence-electron chi connectivity index (χ3n) is 5.74. The number of ether oxygens (including phenoxy) is 1. The number of benzene rings is 1. The van der Waals surface area contributed by atoms with Crippen LogP contribution in [0.4, 0.5) is 0 Å². The quantitative estimate of drug-likeness (QED) is 0.598. The van der Waals surface area contributed by atoms with Crippen molar-refractivity contribution in [3.63, 3.8) is 0 Å². The first-order chi connectivity index (χ1) is 14.7. The van der Waals surface area contributed by atoms with E-state index < -0.39 is 0 Å². The summed E-state index contributed by atoms with van der Waals surface area (Å²) >= 11 is 0. The van der Waals surface area contributed by atoms with Crippen molar-refractivity contribution in [3.05, 3.63) is 77.9 Å². The summed E-state index contributed by atoms with van der Waals surface area (Å²) in [6.45, 7) is 4.91. The van der Waals surface area contributed by atoms with Crippen LogP contribution in [0.5, 0.6) is 5.75 Å². The minimum Gasteiger partial charge on any atom is -0.489 e. The predicted octanol–water partition coefficient (Wildman–Crippen LogP) is 3.97. The van der Waals surface area contributed by atoms with E-state index >= 15 is 0 Å². The Morgan fingerprint density at radius 3 is 2.40 bits per heavy atom. The van der Waals surface area contributed by atoms with Gasteiger partial charge in [0.25, 0.3) is 5.91 Å². The summed E-state index contributed by atoms with van der Waals surface area (Å²) in [6.07, 6.45) is 8.30. The number of piperidine rings is 1. The lowest BCUT2D eigenvalue weighted by atomic mass is 9.90. The lowest BCUT2D eigenvalue weighted by molar-refractivity contribution is 0.0678. The molecule has 1 aliphatic heterocycles. The zero-order valence-corrected chi connectivity index (χ0v) is 17.4. The number of carbonyl (C=O) groups is 1. The molecule has 6 heteroatoms. The molecule has 0 atom stereocenters. The van der Waals surface area contributed by atoms with E-state index in [1.54, 1.807) is 23.3 Å². The number of rotatable bonds is 7. The van der Waals surface area contributed by atoms with E-state index in [1.807, 2.05) is 30.0 Å². The first kappa shape index (κ1) is 20.1. The maximum atomic E-state index is 12.8. The largest absolute Gasteiger partial charge is 0.489 e. The van der Waals surface area contributed by atoms with Gasteiger partial charge in [-0.25, -0.2) is 0 Å². The Kier molecular flexibility index (Phi) is 6.42. The van der Waals surface area contributed by atoms with E-state index in [4.69, 9.17) is 4.74 Å². The zero-order valence-electron chi connectivity index (χ0n) is 17.4. The maximum absolute atomic E-state index is 12.8. The van der Waals surface area contributed by atoms with E-state index in [2.05, 4.69) is 34.3 Å². The number of amides is 1. The SMILES string of the molecule is CCn1nccc1C(=O)N1CCC(Cc2ccc(COc3ccncc3)cc2)CC1. The Hall–Kier alpha value is -3.15. The van der Waals surface area contributed by atoms with Crippen molar-refractivity contribution in [3.8, 4) is 5.75 Å². The normalized spacial score (nSPS) is 14.6. The maximum Gasteiger partial charge on any atom is 0.272 e. The number of carbonyl (C=O) groups excluding carboxylic acids is 1. The third kappa shape index (κ3) is 4.87. The van der Waals surface area contributed by atoms with Gasteiger partial charge in [0.1, 0.15) is 18.1 Å². The molecule has 3 aromatic rings. The second kappa shape index (κ2) is 9.57. The summed E-state index contributed by atoms with van der Waals surface area (Å²) in [5.74, 6) is 1.55. The van der Waals surface area contributed by atoms with E-state index in [1.165, 1.54) is 5.56 Å². The molecular formula is C24H28N4O2. The minimum absolute atomic E-state index is 0.103. The number of hydrogen-bond donors (Lipinski definition) is 0. The second-order valence-corrected chi connectivity index (χ2v) is 7.76. The smallest absolute Gasteiger partial charge is 0.272 e. The summed E-state index contributed by atoms with van der Waals surface area (Å²) in [7, 11) is 0. The summed E-state index contributed by atoms with van der Waals surface area (Å²) < 4.78 is 7.55. The summed E-state index contributed by atoms with van der Waals surface area (Å²) in [5, 5.41) is 4.22. The van der Waals surface area contributed by atoms with Crippen LogP contribution in [0.15, 0.2) is 61.1 Å². The molecule has 1 aromatic carbocycles. The molecule has 0 spiro atoms. The van der Waals surface area contributed by atoms with Gasteiger partial charge in [-0.3, -0.25) is 14.5 Å². The highest BCUT2D eigenvalue weighted by atomic mass is 16.5. The average molecular weight is 405 g/mol. The summed E-state index contributed by atoms with van der Waals surface area (Å²) in [5.41, 5.74) is 3.19. The van der Waals surface area contributed by atoms with Crippen molar-refractivity contribution in [2.75, 3.05) is 13.1 Å². The molecule has 0 aliphatic carbocycles. The van der Waals surface area contributed by atoms with Gasteiger partial charge >= 0.3 is 0 Å². The monoisotopic (exact) mass is 404 g/mol. The van der Waals surface area contributed by atoms with Gasteiger partial charge in [0.2, 0.25) is 0 Å². The van der Waals surface area contributed by atoms with Gasteiger partial charge in [-0.05, 0) is 61.4 Å². The molecule has 1 fully saturated rings. The van der Waals surface area contributed by atoms with E-state index in [0.717, 1.165) is 43.7 Å². The molecule has 1 amide bonds. The Bertz CT molecular complexity index is 945. The molecule has 4 rings (SSSR count). The highest BCUT2D eigenvalue weighted by molar-refractivity contribution is 5.92. The van der Waals surface area contributed by atoms with Crippen molar-refractivity contribution in [1.29, 1.82) is 0 Å². The molecule has 0 radical (unpaired) electrons. The molecular weight excluding hydrogens is 376 g/mol. The number of hydrogen-bond acceptors (Lipinski definition) is 4. The van der Waals surface area contributed by atoms with Gasteiger partial charge < -0.3 is 9.64 Å². The van der Waals surface area contributed by atoms with Gasteiger partial charge in [0, 0.05) is 38.2 Å². The highest BCUT2D eigenvalue weighted by Gasteiger charge is 2.25. The van der Waals surface area contributed by atoms with E-state index in [9.17, 15) is 4.79 Å². The number of aromatic nitrogens is 3. The first-order valence-corrected chi connectivity index (χ1v) is 10.6. The van der Waals surface area contributed by atoms with Gasteiger partial charge in [-0.15, -0.1) is 0 Å². The molecule has 0 unspecified atom stereocenters. The molecule has 2 aromatic heterocycles. The number of pyridine rings is 1. The van der Waals surface area contributed by atoms with Gasteiger partial charge in [0.05, 0.1) is 0 Å². The van der Waals surface area contributed by atoms with Crippen LogP contribution in [0.3, 0.4) is 0 Å². The van der Waals surface area contributed by atoms with Crippen LogP contribution in [-0.4, -0.2) is 38.7 Å². The van der Waals surface area contributed by atoms with Crippen molar-refractivity contribution in [2.45, 2.75) is 39.3 Å². The van der Waals surface area contributed by atoms with Crippen molar-refractivity contribution >= 4 is 5.91 Å². The Morgan fingerprint density at radius 2 is 1.70 bits per heavy atom. The lowest BCUT2D eigenvalue weighted by Crippen LogP contribution is -2.39. The second-order valence-electron chi connectivity index (χ2n) is 7.76. The Balaban J connectivity index is 1.25. The fourth-order valence-corrected chi connectivity index (χ4v) is 3.97. The highest BCUT2D eigenvalue weighted by Crippen LogP contribution is 2.23. The van der Waals surface area contributed by atoms with Crippen LogP contribution < -0.4 is 4.74 Å². The van der Waals surface area contributed by atoms with Crippen molar-refractivity contribution in [1.82, 2.24) is 19.7 Å². The van der Waals surface area contributed by atoms with Crippen LogP contribution in [0.1, 0.15) is 41.4 Å². The summed E-state index contributed by atoms with van der Waals surface area (Å²) in [4.78, 5) is 18.7. The predicted molar refractivity (Wildman–Crippen MR) is 115 cm³/mol. The molecule has 30 heavy (non-hydrogen) atoms. The van der Waals surface area contributed by atoms with Crippen LogP contribution in [0.2, 0.25) is 0 Å². The van der Waals surface area contributed by atoms with E-state index in [0.29, 0.717) is 24.8 Å². The van der Waals surface area contributed by atoms with Crippen LogP contribution in [0, 0.1) is 5.92 Å². The lowest BCUT2D eigenvalue weighted by Gasteiger charge is -2.32. The summed E-state index contributed by atoms with van der Waals surface area (Å²) in [6, 6.07) is 14.2. The van der Waals surface area contributed by atoms with Crippen LogP contribution in [-0.2, 0) is 19.6 Å². The fourth-order valence-electron chi connectivity index (χ4n) is 3.97. The fraction of sp³-hybridized carbons (Fsp3) is 0.375. The van der Waals surface area contributed by atoms with Crippen LogP contribution in [0.25, 0.3) is 0 Å². The zero-order chi connectivity index (χ0) is 20.8. The minimum atomic E-state index is 0.103. The molecule has 0 bridgehead atoms. The molecule has 3 heterocycles. The third-order valence-corrected chi connectivity index (χ3v) is 5.74.